The molecule has 6 rings (SSSR count). The van der Waals surface area contributed by atoms with Crippen molar-refractivity contribution >= 4 is 21.8 Å². The van der Waals surface area contributed by atoms with Gasteiger partial charge in [-0.1, -0.05) is 78.0 Å². The first-order chi connectivity index (χ1) is 14.9. The first kappa shape index (κ1) is 16.7. The zero-order valence-electron chi connectivity index (χ0n) is 16.1. The second-order valence-electron chi connectivity index (χ2n) is 7.21. The molecule has 0 spiro atoms. The molecule has 4 aromatic carbocycles. The fourth-order valence-electron chi connectivity index (χ4n) is 4.02. The van der Waals surface area contributed by atoms with Gasteiger partial charge in [0, 0.05) is 27.6 Å². The predicted molar refractivity (Wildman–Crippen MR) is 120 cm³/mol. The maximum Gasteiger partial charge on any atom is 0.258 e. The highest BCUT2D eigenvalue weighted by atomic mass is 16.5. The minimum atomic E-state index is 0.511. The van der Waals surface area contributed by atoms with Crippen LogP contribution in [0.4, 0.5) is 0 Å². The van der Waals surface area contributed by atoms with Crippen molar-refractivity contribution in [2.75, 3.05) is 0 Å². The van der Waals surface area contributed by atoms with Crippen molar-refractivity contribution in [2.45, 2.75) is 0 Å². The van der Waals surface area contributed by atoms with E-state index in [1.807, 2.05) is 42.5 Å². The average Bonchev–Trinajstić information content (AvgIpc) is 3.43. The Morgan fingerprint density at radius 2 is 1.23 bits per heavy atom. The van der Waals surface area contributed by atoms with Crippen LogP contribution in [0.1, 0.15) is 0 Å². The Kier molecular flexibility index (Phi) is 3.74. The summed E-state index contributed by atoms with van der Waals surface area (Å²) in [5, 5.41) is 6.64. The van der Waals surface area contributed by atoms with Crippen molar-refractivity contribution in [1.82, 2.24) is 14.7 Å². The minimum Gasteiger partial charge on any atom is -0.334 e. The third kappa shape index (κ3) is 2.62. The van der Waals surface area contributed by atoms with E-state index in [-0.39, 0.29) is 0 Å². The Morgan fingerprint density at radius 3 is 1.97 bits per heavy atom. The van der Waals surface area contributed by atoms with Crippen LogP contribution in [-0.2, 0) is 0 Å². The Bertz CT molecular complexity index is 1440. The SMILES string of the molecule is c1ccc(-c2noc(-c3cccc(-n4c5ccccc5c5ccccc54)c3)n2)cc1. The van der Waals surface area contributed by atoms with Gasteiger partial charge in [-0.25, -0.2) is 0 Å². The van der Waals surface area contributed by atoms with Gasteiger partial charge in [0.2, 0.25) is 5.82 Å². The van der Waals surface area contributed by atoms with Gasteiger partial charge >= 0.3 is 0 Å². The summed E-state index contributed by atoms with van der Waals surface area (Å²) in [7, 11) is 0. The summed E-state index contributed by atoms with van der Waals surface area (Å²) >= 11 is 0. The Hall–Kier alpha value is -4.18. The van der Waals surface area contributed by atoms with E-state index in [2.05, 4.69) is 75.4 Å². The van der Waals surface area contributed by atoms with E-state index in [1.165, 1.54) is 21.8 Å². The van der Waals surface area contributed by atoms with Crippen molar-refractivity contribution in [3.8, 4) is 28.5 Å². The second kappa shape index (κ2) is 6.71. The number of aromatic nitrogens is 3. The van der Waals surface area contributed by atoms with Crippen LogP contribution in [0.3, 0.4) is 0 Å². The van der Waals surface area contributed by atoms with Crippen LogP contribution < -0.4 is 0 Å². The minimum absolute atomic E-state index is 0.511. The maximum atomic E-state index is 5.58. The molecule has 2 heterocycles. The topological polar surface area (TPSA) is 43.9 Å². The molecule has 0 bridgehead atoms. The molecule has 0 aliphatic rings. The molecular formula is C26H17N3O. The van der Waals surface area contributed by atoms with Gasteiger partial charge in [0.1, 0.15) is 0 Å². The third-order valence-corrected chi connectivity index (χ3v) is 5.39. The van der Waals surface area contributed by atoms with Gasteiger partial charge in [0.15, 0.2) is 0 Å². The van der Waals surface area contributed by atoms with Crippen LogP contribution in [-0.4, -0.2) is 14.7 Å². The van der Waals surface area contributed by atoms with Gasteiger partial charge in [-0.05, 0) is 30.3 Å². The molecule has 0 N–H and O–H groups in total. The smallest absolute Gasteiger partial charge is 0.258 e. The standard InChI is InChI=1S/C26H17N3O/c1-2-9-18(10-3-1)25-27-26(30-28-25)19-11-8-12-20(17-19)29-23-15-6-4-13-21(23)22-14-5-7-16-24(22)29/h1-17H. The monoisotopic (exact) mass is 387 g/mol. The van der Waals surface area contributed by atoms with Crippen molar-refractivity contribution < 1.29 is 4.52 Å². The maximum absolute atomic E-state index is 5.58. The Labute approximate surface area is 173 Å². The summed E-state index contributed by atoms with van der Waals surface area (Å²) in [5.41, 5.74) is 5.23. The van der Waals surface area contributed by atoms with Crippen LogP contribution in [0, 0.1) is 0 Å². The van der Waals surface area contributed by atoms with Crippen molar-refractivity contribution in [1.29, 1.82) is 0 Å². The van der Waals surface area contributed by atoms with Crippen molar-refractivity contribution in [3.63, 3.8) is 0 Å². The summed E-state index contributed by atoms with van der Waals surface area (Å²) in [6.45, 7) is 0. The largest absolute Gasteiger partial charge is 0.334 e. The zero-order chi connectivity index (χ0) is 19.9. The number of nitrogens with zero attached hydrogens (tertiary/aromatic N) is 3. The molecule has 30 heavy (non-hydrogen) atoms. The van der Waals surface area contributed by atoms with E-state index in [0.717, 1.165) is 16.8 Å². The lowest BCUT2D eigenvalue weighted by Crippen LogP contribution is -1.94. The van der Waals surface area contributed by atoms with Crippen LogP contribution in [0.15, 0.2) is 108 Å². The van der Waals surface area contributed by atoms with Crippen LogP contribution in [0.2, 0.25) is 0 Å². The normalized spacial score (nSPS) is 11.3. The van der Waals surface area contributed by atoms with Crippen LogP contribution >= 0.6 is 0 Å². The molecule has 0 saturated carbocycles. The highest BCUT2D eigenvalue weighted by Gasteiger charge is 2.14. The van der Waals surface area contributed by atoms with Crippen LogP contribution in [0.5, 0.6) is 0 Å². The lowest BCUT2D eigenvalue weighted by molar-refractivity contribution is 0.432. The van der Waals surface area contributed by atoms with Gasteiger partial charge in [0.05, 0.1) is 11.0 Å². The summed E-state index contributed by atoms with van der Waals surface area (Å²) < 4.78 is 7.86. The van der Waals surface area contributed by atoms with Gasteiger partial charge in [0.25, 0.3) is 5.89 Å². The fraction of sp³-hybridized carbons (Fsp3) is 0. The second-order valence-corrected chi connectivity index (χ2v) is 7.21. The van der Waals surface area contributed by atoms with E-state index >= 15 is 0 Å². The van der Waals surface area contributed by atoms with Crippen molar-refractivity contribution in [2.24, 2.45) is 0 Å². The first-order valence-electron chi connectivity index (χ1n) is 9.87. The molecule has 6 aromatic rings. The van der Waals surface area contributed by atoms with E-state index in [0.29, 0.717) is 11.7 Å². The summed E-state index contributed by atoms with van der Waals surface area (Å²) in [5.74, 6) is 1.10. The highest BCUT2D eigenvalue weighted by Crippen LogP contribution is 2.33. The van der Waals surface area contributed by atoms with Gasteiger partial charge in [-0.15, -0.1) is 0 Å². The van der Waals surface area contributed by atoms with E-state index < -0.39 is 0 Å². The first-order valence-corrected chi connectivity index (χ1v) is 9.87. The van der Waals surface area contributed by atoms with E-state index in [9.17, 15) is 0 Å². The fourth-order valence-corrected chi connectivity index (χ4v) is 4.02. The van der Waals surface area contributed by atoms with Crippen LogP contribution in [0.25, 0.3) is 50.3 Å². The molecule has 0 fully saturated rings. The molecule has 0 atom stereocenters. The molecule has 0 aliphatic heterocycles. The number of benzene rings is 4. The quantitative estimate of drug-likeness (QED) is 0.348. The molecule has 0 radical (unpaired) electrons. The van der Waals surface area contributed by atoms with E-state index in [1.54, 1.807) is 0 Å². The molecule has 0 aliphatic carbocycles. The molecule has 0 amide bonds. The lowest BCUT2D eigenvalue weighted by atomic mass is 10.2. The van der Waals surface area contributed by atoms with Gasteiger partial charge in [-0.3, -0.25) is 0 Å². The summed E-state index contributed by atoms with van der Waals surface area (Å²) in [6, 6.07) is 35.1. The number of para-hydroxylation sites is 2. The predicted octanol–water partition coefficient (Wildman–Crippen LogP) is 6.50. The molecule has 2 aromatic heterocycles. The number of rotatable bonds is 3. The number of fused-ring (bicyclic) bond motifs is 3. The Morgan fingerprint density at radius 1 is 0.600 bits per heavy atom. The van der Waals surface area contributed by atoms with E-state index in [4.69, 9.17) is 4.52 Å². The molecule has 142 valence electrons. The zero-order valence-corrected chi connectivity index (χ0v) is 16.1. The molecule has 0 saturated heterocycles. The Balaban J connectivity index is 1.51. The number of hydrogen-bond donors (Lipinski definition) is 0. The third-order valence-electron chi connectivity index (χ3n) is 5.39. The average molecular weight is 387 g/mol. The molecular weight excluding hydrogens is 370 g/mol. The highest BCUT2D eigenvalue weighted by molar-refractivity contribution is 6.09. The molecule has 4 nitrogen and oxygen atoms in total. The number of hydrogen-bond acceptors (Lipinski definition) is 3. The summed E-state index contributed by atoms with van der Waals surface area (Å²) in [6.07, 6.45) is 0. The van der Waals surface area contributed by atoms with Crippen molar-refractivity contribution in [3.05, 3.63) is 103 Å². The van der Waals surface area contributed by atoms with Gasteiger partial charge < -0.3 is 9.09 Å². The summed E-state index contributed by atoms with van der Waals surface area (Å²) in [4.78, 5) is 4.61. The molecule has 4 heteroatoms. The van der Waals surface area contributed by atoms with Gasteiger partial charge in [-0.2, -0.15) is 4.98 Å². The lowest BCUT2D eigenvalue weighted by Gasteiger charge is -2.08. The molecule has 0 unspecified atom stereocenters.